The van der Waals surface area contributed by atoms with Crippen molar-refractivity contribution < 1.29 is 19.1 Å². The second-order valence-corrected chi connectivity index (χ2v) is 10.8. The van der Waals surface area contributed by atoms with Crippen LogP contribution in [0, 0.1) is 12.8 Å². The van der Waals surface area contributed by atoms with Gasteiger partial charge in [0.05, 0.1) is 34.3 Å². The van der Waals surface area contributed by atoms with E-state index in [1.807, 2.05) is 19.1 Å². The van der Waals surface area contributed by atoms with Crippen LogP contribution in [-0.2, 0) is 14.3 Å². The van der Waals surface area contributed by atoms with E-state index in [1.165, 1.54) is 5.56 Å². The van der Waals surface area contributed by atoms with Gasteiger partial charge in [-0.05, 0) is 82.5 Å². The van der Waals surface area contributed by atoms with E-state index in [0.29, 0.717) is 50.5 Å². The Kier molecular flexibility index (Phi) is 7.57. The van der Waals surface area contributed by atoms with E-state index in [2.05, 4.69) is 42.4 Å². The third kappa shape index (κ3) is 5.78. The summed E-state index contributed by atoms with van der Waals surface area (Å²) >= 11 is 1.65. The lowest BCUT2D eigenvalue weighted by Gasteiger charge is -2.36. The molecule has 0 bridgehead atoms. The monoisotopic (exact) mass is 485 g/mol. The van der Waals surface area contributed by atoms with E-state index >= 15 is 0 Å². The van der Waals surface area contributed by atoms with Gasteiger partial charge in [0.15, 0.2) is 0 Å². The van der Waals surface area contributed by atoms with Crippen molar-refractivity contribution in [2.45, 2.75) is 65.0 Å². The Morgan fingerprint density at radius 2 is 2.03 bits per heavy atom. The first kappa shape index (κ1) is 24.7. The van der Waals surface area contributed by atoms with Gasteiger partial charge >= 0.3 is 5.97 Å². The van der Waals surface area contributed by atoms with Crippen LogP contribution in [0.25, 0.3) is 10.6 Å². The molecule has 184 valence electrons. The molecule has 0 aromatic carbocycles. The van der Waals surface area contributed by atoms with Gasteiger partial charge in [-0.3, -0.25) is 9.59 Å². The minimum atomic E-state index is -0.243. The van der Waals surface area contributed by atoms with Crippen molar-refractivity contribution in [3.8, 4) is 10.6 Å². The molecule has 4 rings (SSSR count). The molecule has 2 aromatic heterocycles. The van der Waals surface area contributed by atoms with Gasteiger partial charge in [-0.2, -0.15) is 0 Å². The van der Waals surface area contributed by atoms with Crippen LogP contribution in [0.2, 0.25) is 0 Å². The smallest absolute Gasteiger partial charge is 0.309 e. The molecule has 2 aromatic rings. The van der Waals surface area contributed by atoms with Gasteiger partial charge in [-0.15, -0.1) is 11.3 Å². The zero-order valence-corrected chi connectivity index (χ0v) is 21.4. The molecule has 1 atom stereocenters. The molecule has 1 unspecified atom stereocenters. The summed E-state index contributed by atoms with van der Waals surface area (Å²) in [5.74, 6) is 0.361. The van der Waals surface area contributed by atoms with Crippen LogP contribution in [0.5, 0.6) is 0 Å². The fraction of sp³-hybridized carbons (Fsp3) is 0.577. The summed E-state index contributed by atoms with van der Waals surface area (Å²) in [5.41, 5.74) is 2.40. The van der Waals surface area contributed by atoms with Crippen molar-refractivity contribution in [3.63, 3.8) is 0 Å². The number of thiophene rings is 1. The Bertz CT molecular complexity index is 1030. The Morgan fingerprint density at radius 1 is 1.26 bits per heavy atom. The molecule has 34 heavy (non-hydrogen) atoms. The van der Waals surface area contributed by atoms with Gasteiger partial charge in [0.25, 0.3) is 5.91 Å². The van der Waals surface area contributed by atoms with Crippen molar-refractivity contribution in [2.24, 2.45) is 5.92 Å². The number of carbonyl (C=O) groups is 2. The molecule has 1 N–H and O–H groups in total. The largest absolute Gasteiger partial charge is 0.466 e. The van der Waals surface area contributed by atoms with Gasteiger partial charge in [0.2, 0.25) is 0 Å². The van der Waals surface area contributed by atoms with Gasteiger partial charge in [0.1, 0.15) is 5.82 Å². The average Bonchev–Trinajstić information content (AvgIpc) is 3.24. The molecule has 2 aliphatic rings. The van der Waals surface area contributed by atoms with E-state index in [4.69, 9.17) is 14.5 Å². The number of aromatic nitrogens is 1. The molecular formula is C26H35N3O4S. The zero-order chi connectivity index (χ0) is 24.3. The van der Waals surface area contributed by atoms with Gasteiger partial charge in [-0.1, -0.05) is 0 Å². The molecule has 7 nitrogen and oxygen atoms in total. The van der Waals surface area contributed by atoms with Gasteiger partial charge in [0, 0.05) is 25.7 Å². The van der Waals surface area contributed by atoms with E-state index in [0.717, 1.165) is 23.4 Å². The minimum absolute atomic E-state index is 0.0678. The first-order valence-corrected chi connectivity index (χ1v) is 13.1. The summed E-state index contributed by atoms with van der Waals surface area (Å²) in [4.78, 5) is 33.8. The number of rotatable bonds is 6. The molecular weight excluding hydrogens is 450 g/mol. The molecule has 2 saturated heterocycles. The third-order valence-corrected chi connectivity index (χ3v) is 7.62. The number of nitrogens with one attached hydrogen (secondary N) is 1. The number of hydrogen-bond acceptors (Lipinski definition) is 7. The second kappa shape index (κ2) is 10.4. The van der Waals surface area contributed by atoms with Crippen LogP contribution in [-0.4, -0.2) is 54.8 Å². The van der Waals surface area contributed by atoms with E-state index < -0.39 is 0 Å². The lowest BCUT2D eigenvalue weighted by atomic mass is 9.93. The summed E-state index contributed by atoms with van der Waals surface area (Å²) in [6.07, 6.45) is 2.96. The maximum Gasteiger partial charge on any atom is 0.309 e. The first-order chi connectivity index (χ1) is 16.3. The number of anilines is 1. The number of pyridine rings is 1. The average molecular weight is 486 g/mol. The lowest BCUT2D eigenvalue weighted by Crippen LogP contribution is -2.46. The van der Waals surface area contributed by atoms with Crippen LogP contribution in [0.3, 0.4) is 0 Å². The SMILES string of the molecule is CCOC(=O)C1CCN(c2nc(-c3cc(C)cs3)ccc2C(=O)NC2CCOC(C)(C)C2)CC1. The fourth-order valence-electron chi connectivity index (χ4n) is 4.77. The Hall–Kier alpha value is -2.45. The topological polar surface area (TPSA) is 80.8 Å². The maximum atomic E-state index is 13.4. The second-order valence-electron chi connectivity index (χ2n) is 9.84. The Labute approximate surface area is 205 Å². The van der Waals surface area contributed by atoms with Crippen molar-refractivity contribution in [1.82, 2.24) is 10.3 Å². The molecule has 8 heteroatoms. The zero-order valence-electron chi connectivity index (χ0n) is 20.6. The van der Waals surface area contributed by atoms with E-state index in [1.54, 1.807) is 11.3 Å². The maximum absolute atomic E-state index is 13.4. The van der Waals surface area contributed by atoms with Crippen LogP contribution < -0.4 is 10.2 Å². The molecule has 0 spiro atoms. The van der Waals surface area contributed by atoms with Crippen LogP contribution in [0.15, 0.2) is 23.6 Å². The third-order valence-electron chi connectivity index (χ3n) is 6.55. The number of amides is 1. The van der Waals surface area contributed by atoms with Gasteiger partial charge < -0.3 is 19.7 Å². The van der Waals surface area contributed by atoms with E-state index in [-0.39, 0.29) is 29.4 Å². The highest BCUT2D eigenvalue weighted by Gasteiger charge is 2.32. The van der Waals surface area contributed by atoms with Gasteiger partial charge in [-0.25, -0.2) is 4.98 Å². The molecule has 4 heterocycles. The molecule has 0 radical (unpaired) electrons. The standard InChI is InChI=1S/C26H35N3O4S/c1-5-32-25(31)18-8-11-29(12-9-18)23-20(6-7-21(28-23)22-14-17(2)16-34-22)24(30)27-19-10-13-33-26(3,4)15-19/h6-7,14,16,18-19H,5,8-13,15H2,1-4H3,(H,27,30). The highest BCUT2D eigenvalue weighted by molar-refractivity contribution is 7.13. The van der Waals surface area contributed by atoms with Crippen molar-refractivity contribution in [3.05, 3.63) is 34.7 Å². The van der Waals surface area contributed by atoms with Crippen LogP contribution in [0.4, 0.5) is 5.82 Å². The number of carbonyl (C=O) groups excluding carboxylic acids is 2. The fourth-order valence-corrected chi connectivity index (χ4v) is 5.64. The van der Waals surface area contributed by atoms with Crippen LogP contribution in [0.1, 0.15) is 62.4 Å². The lowest BCUT2D eigenvalue weighted by molar-refractivity contribution is -0.148. The number of piperidine rings is 1. The Morgan fingerprint density at radius 3 is 2.68 bits per heavy atom. The number of nitrogens with zero attached hydrogens (tertiary/aromatic N) is 2. The summed E-state index contributed by atoms with van der Waals surface area (Å²) in [6, 6.07) is 6.01. The quantitative estimate of drug-likeness (QED) is 0.603. The molecule has 2 fully saturated rings. The molecule has 2 aliphatic heterocycles. The highest BCUT2D eigenvalue weighted by Crippen LogP contribution is 2.32. The predicted octanol–water partition coefficient (Wildman–Crippen LogP) is 4.59. The minimum Gasteiger partial charge on any atom is -0.466 e. The number of ether oxygens (including phenoxy) is 2. The van der Waals surface area contributed by atoms with E-state index in [9.17, 15) is 9.59 Å². The summed E-state index contributed by atoms with van der Waals surface area (Å²) in [6.45, 7) is 10.4. The highest BCUT2D eigenvalue weighted by atomic mass is 32.1. The normalized spacial score (nSPS) is 20.7. The Balaban J connectivity index is 1.57. The molecule has 0 aliphatic carbocycles. The van der Waals surface area contributed by atoms with Crippen LogP contribution >= 0.6 is 11.3 Å². The number of esters is 1. The van der Waals surface area contributed by atoms with Crippen molar-refractivity contribution in [2.75, 3.05) is 31.2 Å². The predicted molar refractivity (Wildman–Crippen MR) is 134 cm³/mol. The molecule has 0 saturated carbocycles. The number of hydrogen-bond donors (Lipinski definition) is 1. The number of aryl methyl sites for hydroxylation is 1. The summed E-state index contributed by atoms with van der Waals surface area (Å²) in [5, 5.41) is 5.33. The molecule has 1 amide bonds. The first-order valence-electron chi connectivity index (χ1n) is 12.2. The summed E-state index contributed by atoms with van der Waals surface area (Å²) < 4.78 is 11.0. The summed E-state index contributed by atoms with van der Waals surface area (Å²) in [7, 11) is 0. The van der Waals surface area contributed by atoms with Crippen molar-refractivity contribution >= 4 is 29.0 Å². The van der Waals surface area contributed by atoms with Crippen molar-refractivity contribution in [1.29, 1.82) is 0 Å².